The van der Waals surface area contributed by atoms with Crippen molar-refractivity contribution in [1.29, 1.82) is 0 Å². The summed E-state index contributed by atoms with van der Waals surface area (Å²) in [5.74, 6) is 0.721. The number of para-hydroxylation sites is 1. The molecule has 3 nitrogen and oxygen atoms in total. The van der Waals surface area contributed by atoms with Gasteiger partial charge in [-0.1, -0.05) is 29.8 Å². The summed E-state index contributed by atoms with van der Waals surface area (Å²) in [6, 6.07) is 13.9. The van der Waals surface area contributed by atoms with Gasteiger partial charge in [0.2, 0.25) is 0 Å². The minimum atomic E-state index is 0.212. The highest BCUT2D eigenvalue weighted by Gasteiger charge is 2.09. The average Bonchev–Trinajstić information content (AvgIpc) is 2.42. The number of hydrogen-bond acceptors (Lipinski definition) is 3. The van der Waals surface area contributed by atoms with E-state index in [4.69, 9.17) is 4.74 Å². The lowest BCUT2D eigenvalue weighted by atomic mass is 10.1. The van der Waals surface area contributed by atoms with Gasteiger partial charge in [0.05, 0.1) is 7.11 Å². The first-order chi connectivity index (χ1) is 9.11. The second-order valence-electron chi connectivity index (χ2n) is 4.66. The fourth-order valence-electron chi connectivity index (χ4n) is 2.01. The van der Waals surface area contributed by atoms with Crippen molar-refractivity contribution in [1.82, 2.24) is 0 Å². The Kier molecular flexibility index (Phi) is 3.95. The molecule has 1 N–H and O–H groups in total. The van der Waals surface area contributed by atoms with Crippen LogP contribution in [0.4, 0.5) is 5.69 Å². The third kappa shape index (κ3) is 2.99. The number of phenols is 1. The van der Waals surface area contributed by atoms with Crippen LogP contribution in [0.5, 0.6) is 11.5 Å². The van der Waals surface area contributed by atoms with Gasteiger partial charge >= 0.3 is 0 Å². The van der Waals surface area contributed by atoms with Crippen molar-refractivity contribution in [2.75, 3.05) is 19.1 Å². The Balaban J connectivity index is 2.19. The monoisotopic (exact) mass is 257 g/mol. The summed E-state index contributed by atoms with van der Waals surface area (Å²) in [7, 11) is 3.56. The highest BCUT2D eigenvalue weighted by Crippen LogP contribution is 2.30. The van der Waals surface area contributed by atoms with Crippen LogP contribution in [0.2, 0.25) is 0 Å². The number of methoxy groups -OCH3 is 1. The van der Waals surface area contributed by atoms with Crippen molar-refractivity contribution in [3.63, 3.8) is 0 Å². The zero-order valence-corrected chi connectivity index (χ0v) is 11.6. The molecule has 0 aliphatic carbocycles. The molecule has 0 aliphatic rings. The molecule has 0 fully saturated rings. The molecule has 2 rings (SSSR count). The number of nitrogens with zero attached hydrogens (tertiary/aromatic N) is 1. The third-order valence-electron chi connectivity index (χ3n) is 3.18. The maximum Gasteiger partial charge on any atom is 0.162 e. The molecule has 0 amide bonds. The molecule has 3 heteroatoms. The van der Waals surface area contributed by atoms with Gasteiger partial charge < -0.3 is 14.7 Å². The number of ether oxygens (including phenoxy) is 1. The van der Waals surface area contributed by atoms with Crippen molar-refractivity contribution in [2.24, 2.45) is 0 Å². The number of phenolic OH excluding ortho intramolecular Hbond substituents is 1. The first-order valence-corrected chi connectivity index (χ1v) is 6.24. The summed E-state index contributed by atoms with van der Waals surface area (Å²) in [5.41, 5.74) is 3.21. The smallest absolute Gasteiger partial charge is 0.162 e. The quantitative estimate of drug-likeness (QED) is 0.911. The maximum atomic E-state index is 10.1. The maximum absolute atomic E-state index is 10.1. The molecule has 0 atom stereocenters. The summed E-state index contributed by atoms with van der Waals surface area (Å²) in [5, 5.41) is 10.1. The second kappa shape index (κ2) is 5.65. The molecule has 0 unspecified atom stereocenters. The van der Waals surface area contributed by atoms with E-state index in [0.717, 1.165) is 11.3 Å². The molecule has 100 valence electrons. The number of hydrogen-bond donors (Lipinski definition) is 1. The largest absolute Gasteiger partial charge is 0.504 e. The van der Waals surface area contributed by atoms with Crippen LogP contribution in [0.25, 0.3) is 0 Å². The standard InChI is InChI=1S/C16H19NO2/c1-12-7-9-14(10-8-12)17(2)11-13-5-4-6-15(19-3)16(13)18/h4-10,18H,11H2,1-3H3. The molecule has 0 radical (unpaired) electrons. The second-order valence-corrected chi connectivity index (χ2v) is 4.66. The van der Waals surface area contributed by atoms with Crippen LogP contribution in [0, 0.1) is 6.92 Å². The Morgan fingerprint density at radius 2 is 1.79 bits per heavy atom. The lowest BCUT2D eigenvalue weighted by Gasteiger charge is -2.20. The van der Waals surface area contributed by atoms with E-state index in [9.17, 15) is 5.11 Å². The van der Waals surface area contributed by atoms with Crippen LogP contribution in [0.15, 0.2) is 42.5 Å². The minimum absolute atomic E-state index is 0.212. The van der Waals surface area contributed by atoms with Crippen LogP contribution in [-0.2, 0) is 6.54 Å². The van der Waals surface area contributed by atoms with E-state index in [-0.39, 0.29) is 5.75 Å². The third-order valence-corrected chi connectivity index (χ3v) is 3.18. The van der Waals surface area contributed by atoms with Crippen LogP contribution in [-0.4, -0.2) is 19.3 Å². The summed E-state index contributed by atoms with van der Waals surface area (Å²) in [4.78, 5) is 2.09. The molecule has 0 heterocycles. The molecule has 0 saturated carbocycles. The van der Waals surface area contributed by atoms with Gasteiger partial charge in [0.25, 0.3) is 0 Å². The molecule has 2 aromatic carbocycles. The summed E-state index contributed by atoms with van der Waals surface area (Å²) >= 11 is 0. The Morgan fingerprint density at radius 3 is 2.42 bits per heavy atom. The highest BCUT2D eigenvalue weighted by atomic mass is 16.5. The Morgan fingerprint density at radius 1 is 1.11 bits per heavy atom. The van der Waals surface area contributed by atoms with Crippen LogP contribution < -0.4 is 9.64 Å². The van der Waals surface area contributed by atoms with Gasteiger partial charge in [0.1, 0.15) is 0 Å². The van der Waals surface area contributed by atoms with Gasteiger partial charge in [-0.05, 0) is 25.1 Å². The topological polar surface area (TPSA) is 32.7 Å². The SMILES string of the molecule is COc1cccc(CN(C)c2ccc(C)cc2)c1O. The van der Waals surface area contributed by atoms with Crippen molar-refractivity contribution in [3.05, 3.63) is 53.6 Å². The zero-order valence-electron chi connectivity index (χ0n) is 11.6. The summed E-state index contributed by atoms with van der Waals surface area (Å²) < 4.78 is 5.12. The molecular formula is C16H19NO2. The van der Waals surface area contributed by atoms with Crippen molar-refractivity contribution < 1.29 is 9.84 Å². The van der Waals surface area contributed by atoms with E-state index < -0.39 is 0 Å². The zero-order chi connectivity index (χ0) is 13.8. The Bertz CT molecular complexity index is 549. The van der Waals surface area contributed by atoms with Crippen molar-refractivity contribution >= 4 is 5.69 Å². The molecule has 0 spiro atoms. The van der Waals surface area contributed by atoms with Crippen molar-refractivity contribution in [3.8, 4) is 11.5 Å². The van der Waals surface area contributed by atoms with Gasteiger partial charge in [0, 0.05) is 24.8 Å². The van der Waals surface area contributed by atoms with Crippen LogP contribution >= 0.6 is 0 Å². The van der Waals surface area contributed by atoms with E-state index >= 15 is 0 Å². The lowest BCUT2D eigenvalue weighted by Crippen LogP contribution is -2.16. The molecule has 19 heavy (non-hydrogen) atoms. The Labute approximate surface area is 114 Å². The van der Waals surface area contributed by atoms with E-state index in [1.165, 1.54) is 5.56 Å². The molecular weight excluding hydrogens is 238 g/mol. The van der Waals surface area contributed by atoms with E-state index in [1.807, 2.05) is 19.2 Å². The van der Waals surface area contributed by atoms with Gasteiger partial charge in [-0.15, -0.1) is 0 Å². The van der Waals surface area contributed by atoms with E-state index in [2.05, 4.69) is 36.1 Å². The molecule has 0 bridgehead atoms. The van der Waals surface area contributed by atoms with Crippen LogP contribution in [0.3, 0.4) is 0 Å². The van der Waals surface area contributed by atoms with E-state index in [1.54, 1.807) is 13.2 Å². The first kappa shape index (κ1) is 13.3. The average molecular weight is 257 g/mol. The fraction of sp³-hybridized carbons (Fsp3) is 0.250. The summed E-state index contributed by atoms with van der Waals surface area (Å²) in [6.45, 7) is 2.70. The number of aromatic hydroxyl groups is 1. The predicted molar refractivity (Wildman–Crippen MR) is 77.9 cm³/mol. The number of rotatable bonds is 4. The van der Waals surface area contributed by atoms with Gasteiger partial charge in [-0.25, -0.2) is 0 Å². The van der Waals surface area contributed by atoms with Gasteiger partial charge in [-0.3, -0.25) is 0 Å². The Hall–Kier alpha value is -2.16. The fourth-order valence-corrected chi connectivity index (χ4v) is 2.01. The van der Waals surface area contributed by atoms with E-state index in [0.29, 0.717) is 12.3 Å². The number of benzene rings is 2. The van der Waals surface area contributed by atoms with Crippen molar-refractivity contribution in [2.45, 2.75) is 13.5 Å². The number of aryl methyl sites for hydroxylation is 1. The van der Waals surface area contributed by atoms with Gasteiger partial charge in [0.15, 0.2) is 11.5 Å². The molecule has 0 aliphatic heterocycles. The molecule has 0 aromatic heterocycles. The summed E-state index contributed by atoms with van der Waals surface area (Å²) in [6.07, 6.45) is 0. The lowest BCUT2D eigenvalue weighted by molar-refractivity contribution is 0.370. The van der Waals surface area contributed by atoms with Crippen LogP contribution in [0.1, 0.15) is 11.1 Å². The first-order valence-electron chi connectivity index (χ1n) is 6.24. The normalized spacial score (nSPS) is 10.3. The molecule has 0 saturated heterocycles. The predicted octanol–water partition coefficient (Wildman–Crippen LogP) is 3.35. The minimum Gasteiger partial charge on any atom is -0.504 e. The number of anilines is 1. The molecule has 2 aromatic rings. The highest BCUT2D eigenvalue weighted by molar-refractivity contribution is 5.51. The van der Waals surface area contributed by atoms with Gasteiger partial charge in [-0.2, -0.15) is 0 Å².